The molecule has 1 fully saturated rings. The minimum absolute atomic E-state index is 0.0377. The molecule has 2 aliphatic rings. The van der Waals surface area contributed by atoms with Crippen molar-refractivity contribution in [3.63, 3.8) is 0 Å². The maximum absolute atomic E-state index is 14.7. The molecule has 0 spiro atoms. The first kappa shape index (κ1) is 21.7. The first-order chi connectivity index (χ1) is 16.0. The number of nitrogens with one attached hydrogen (secondary N) is 3. The maximum atomic E-state index is 14.7. The van der Waals surface area contributed by atoms with Crippen LogP contribution in [0.5, 0.6) is 0 Å². The van der Waals surface area contributed by atoms with Gasteiger partial charge in [0.05, 0.1) is 17.8 Å². The second-order valence-electron chi connectivity index (χ2n) is 8.40. The van der Waals surface area contributed by atoms with Crippen molar-refractivity contribution in [3.05, 3.63) is 69.4 Å². The van der Waals surface area contributed by atoms with Crippen LogP contribution in [0.15, 0.2) is 35.2 Å². The number of anilines is 2. The molecule has 172 valence electrons. The Balaban J connectivity index is 1.32. The number of hydrogen-bond donors (Lipinski definition) is 3. The third-order valence-electron chi connectivity index (χ3n) is 6.15. The summed E-state index contributed by atoms with van der Waals surface area (Å²) in [7, 11) is 0. The Bertz CT molecular complexity index is 1170. The van der Waals surface area contributed by atoms with E-state index < -0.39 is 23.4 Å². The van der Waals surface area contributed by atoms with Crippen LogP contribution in [0.2, 0.25) is 0 Å². The first-order valence-corrected chi connectivity index (χ1v) is 11.8. The first-order valence-electron chi connectivity index (χ1n) is 10.8. The highest BCUT2D eigenvalue weighted by Crippen LogP contribution is 2.36. The van der Waals surface area contributed by atoms with Gasteiger partial charge in [0, 0.05) is 41.2 Å². The normalized spacial score (nSPS) is 21.8. The molecule has 3 atom stereocenters. The molecule has 0 aromatic carbocycles. The summed E-state index contributed by atoms with van der Waals surface area (Å²) in [6.07, 6.45) is 4.16. The minimum Gasteiger partial charge on any atom is -0.369 e. The Morgan fingerprint density at radius 2 is 2.00 bits per heavy atom. The molecule has 0 saturated heterocycles. The van der Waals surface area contributed by atoms with Crippen LogP contribution in [0.1, 0.15) is 53.2 Å². The molecule has 10 heteroatoms. The van der Waals surface area contributed by atoms with E-state index in [4.69, 9.17) is 0 Å². The van der Waals surface area contributed by atoms with Crippen molar-refractivity contribution in [1.82, 2.24) is 15.3 Å². The second kappa shape index (κ2) is 9.01. The van der Waals surface area contributed by atoms with E-state index in [0.717, 1.165) is 31.5 Å². The zero-order valence-corrected chi connectivity index (χ0v) is 18.4. The minimum atomic E-state index is -0.788. The average molecular weight is 474 g/mol. The van der Waals surface area contributed by atoms with Crippen molar-refractivity contribution in [2.24, 2.45) is 0 Å². The predicted molar refractivity (Wildman–Crippen MR) is 120 cm³/mol. The van der Waals surface area contributed by atoms with Crippen LogP contribution in [0.3, 0.4) is 0 Å². The number of amides is 1. The number of fused-ring (bicyclic) bond motifs is 1. The molecule has 6 nitrogen and oxygen atoms in total. The summed E-state index contributed by atoms with van der Waals surface area (Å²) in [6.45, 7) is 0.293. The van der Waals surface area contributed by atoms with Crippen molar-refractivity contribution >= 4 is 28.9 Å². The highest BCUT2D eigenvalue weighted by atomic mass is 32.1. The van der Waals surface area contributed by atoms with E-state index in [0.29, 0.717) is 29.9 Å². The number of aromatic nitrogens is 2. The van der Waals surface area contributed by atoms with Gasteiger partial charge in [-0.1, -0.05) is 0 Å². The van der Waals surface area contributed by atoms with Crippen LogP contribution in [0.25, 0.3) is 0 Å². The summed E-state index contributed by atoms with van der Waals surface area (Å²) in [6, 6.07) is 3.71. The predicted octanol–water partition coefficient (Wildman–Crippen LogP) is 4.67. The highest BCUT2D eigenvalue weighted by Gasteiger charge is 2.31. The lowest BCUT2D eigenvalue weighted by molar-refractivity contribution is 0.0927. The van der Waals surface area contributed by atoms with E-state index in [2.05, 4.69) is 25.9 Å². The molecule has 3 unspecified atom stereocenters. The van der Waals surface area contributed by atoms with Gasteiger partial charge in [-0.3, -0.25) is 4.79 Å². The van der Waals surface area contributed by atoms with E-state index in [1.54, 1.807) is 11.4 Å². The van der Waals surface area contributed by atoms with E-state index in [1.165, 1.54) is 17.4 Å². The van der Waals surface area contributed by atoms with Crippen molar-refractivity contribution in [2.45, 2.75) is 43.7 Å². The lowest BCUT2D eigenvalue weighted by Gasteiger charge is -2.31. The van der Waals surface area contributed by atoms with Crippen molar-refractivity contribution in [2.75, 3.05) is 17.2 Å². The SMILES string of the molecule is O=C(NC1CCCC(Nc2nc(C3CNc4ncc(F)cc43)c(F)cc2F)C1)c1ccsc1. The van der Waals surface area contributed by atoms with Gasteiger partial charge >= 0.3 is 0 Å². The summed E-state index contributed by atoms with van der Waals surface area (Å²) in [5.41, 5.74) is 1.16. The van der Waals surface area contributed by atoms with Gasteiger partial charge in [-0.2, -0.15) is 11.3 Å². The zero-order valence-electron chi connectivity index (χ0n) is 17.6. The Labute approximate surface area is 192 Å². The molecule has 0 bridgehead atoms. The molecular weight excluding hydrogens is 451 g/mol. The third-order valence-corrected chi connectivity index (χ3v) is 6.84. The third kappa shape index (κ3) is 4.52. The molecular formula is C23H22F3N5OS. The molecule has 4 heterocycles. The fourth-order valence-corrected chi connectivity index (χ4v) is 5.19. The Morgan fingerprint density at radius 1 is 1.15 bits per heavy atom. The molecule has 3 aromatic rings. The second-order valence-corrected chi connectivity index (χ2v) is 9.18. The largest absolute Gasteiger partial charge is 0.369 e. The topological polar surface area (TPSA) is 78.9 Å². The van der Waals surface area contributed by atoms with Crippen LogP contribution in [-0.4, -0.2) is 34.5 Å². The van der Waals surface area contributed by atoms with Gasteiger partial charge in [-0.25, -0.2) is 23.1 Å². The van der Waals surface area contributed by atoms with Crippen molar-refractivity contribution < 1.29 is 18.0 Å². The van der Waals surface area contributed by atoms with Crippen molar-refractivity contribution in [3.8, 4) is 0 Å². The lowest BCUT2D eigenvalue weighted by atomic mass is 9.90. The molecule has 3 aromatic heterocycles. The summed E-state index contributed by atoms with van der Waals surface area (Å²) in [5.74, 6) is -2.37. The van der Waals surface area contributed by atoms with Crippen LogP contribution in [0, 0.1) is 17.5 Å². The molecule has 1 amide bonds. The van der Waals surface area contributed by atoms with Crippen molar-refractivity contribution in [1.29, 1.82) is 0 Å². The van der Waals surface area contributed by atoms with Crippen LogP contribution < -0.4 is 16.0 Å². The fraction of sp³-hybridized carbons (Fsp3) is 0.348. The smallest absolute Gasteiger partial charge is 0.252 e. The maximum Gasteiger partial charge on any atom is 0.252 e. The number of halogens is 3. The van der Waals surface area contributed by atoms with Gasteiger partial charge in [-0.15, -0.1) is 0 Å². The van der Waals surface area contributed by atoms with Gasteiger partial charge < -0.3 is 16.0 Å². The summed E-state index contributed by atoms with van der Waals surface area (Å²) < 4.78 is 43.0. The molecule has 0 radical (unpaired) electrons. The van der Waals surface area contributed by atoms with E-state index in [9.17, 15) is 18.0 Å². The zero-order chi connectivity index (χ0) is 22.9. The molecule has 1 aliphatic heterocycles. The fourth-order valence-electron chi connectivity index (χ4n) is 4.56. The van der Waals surface area contributed by atoms with Gasteiger partial charge in [-0.05, 0) is 43.2 Å². The van der Waals surface area contributed by atoms with Gasteiger partial charge in [0.25, 0.3) is 5.91 Å². The van der Waals surface area contributed by atoms with Crippen LogP contribution in [-0.2, 0) is 0 Å². The van der Waals surface area contributed by atoms with Crippen LogP contribution >= 0.6 is 11.3 Å². The number of thiophene rings is 1. The molecule has 5 rings (SSSR count). The molecule has 1 aliphatic carbocycles. The number of nitrogens with zero attached hydrogens (tertiary/aromatic N) is 2. The van der Waals surface area contributed by atoms with E-state index in [-0.39, 0.29) is 29.5 Å². The summed E-state index contributed by atoms with van der Waals surface area (Å²) >= 11 is 1.46. The number of carbonyl (C=O) groups excluding carboxylic acids is 1. The number of pyridine rings is 2. The van der Waals surface area contributed by atoms with E-state index >= 15 is 0 Å². The van der Waals surface area contributed by atoms with E-state index in [1.807, 2.05) is 5.38 Å². The Kier molecular flexibility index (Phi) is 5.92. The summed E-state index contributed by atoms with van der Waals surface area (Å²) in [5, 5.41) is 12.8. The molecule has 1 saturated carbocycles. The quantitative estimate of drug-likeness (QED) is 0.502. The Morgan fingerprint density at radius 3 is 2.82 bits per heavy atom. The van der Waals surface area contributed by atoms with Gasteiger partial charge in [0.1, 0.15) is 17.5 Å². The number of carbonyl (C=O) groups is 1. The Hall–Kier alpha value is -3.14. The number of hydrogen-bond acceptors (Lipinski definition) is 6. The molecule has 3 N–H and O–H groups in total. The monoisotopic (exact) mass is 473 g/mol. The standard InChI is InChI=1S/C23H22F3N5OS/c24-13-6-16-17(10-28-21(16)27-9-13)20-18(25)8-19(26)22(31-20)29-14-2-1-3-15(7-14)30-23(32)12-4-5-33-11-12/h4-6,8-9,11,14-15,17H,1-3,7,10H2,(H,27,28)(H,29,31)(H,30,32). The summed E-state index contributed by atoms with van der Waals surface area (Å²) in [4.78, 5) is 20.6. The lowest BCUT2D eigenvalue weighted by Crippen LogP contribution is -2.42. The molecule has 33 heavy (non-hydrogen) atoms. The van der Waals surface area contributed by atoms with Gasteiger partial charge in [0.15, 0.2) is 11.6 Å². The number of rotatable bonds is 5. The highest BCUT2D eigenvalue weighted by molar-refractivity contribution is 7.08. The average Bonchev–Trinajstić information content (AvgIpc) is 3.46. The van der Waals surface area contributed by atoms with Gasteiger partial charge in [0.2, 0.25) is 0 Å². The van der Waals surface area contributed by atoms with Crippen LogP contribution in [0.4, 0.5) is 24.8 Å².